The minimum absolute atomic E-state index is 0.0986. The van der Waals surface area contributed by atoms with Gasteiger partial charge in [-0.2, -0.15) is 4.99 Å². The highest BCUT2D eigenvalue weighted by Gasteiger charge is 2.16. The predicted octanol–water partition coefficient (Wildman–Crippen LogP) is 2.55. The van der Waals surface area contributed by atoms with Crippen molar-refractivity contribution in [2.75, 3.05) is 12.9 Å². The van der Waals surface area contributed by atoms with Crippen molar-refractivity contribution in [3.63, 3.8) is 0 Å². The van der Waals surface area contributed by atoms with Crippen LogP contribution in [0.4, 0.5) is 4.39 Å². The fourth-order valence-corrected chi connectivity index (χ4v) is 4.43. The molecule has 7 nitrogen and oxygen atoms in total. The summed E-state index contributed by atoms with van der Waals surface area (Å²) in [6, 6.07) is 9.83. The van der Waals surface area contributed by atoms with Gasteiger partial charge in [-0.25, -0.2) is 12.8 Å². The number of rotatable bonds is 5. The van der Waals surface area contributed by atoms with E-state index in [1.54, 1.807) is 6.92 Å². The molecule has 1 amide bonds. The van der Waals surface area contributed by atoms with Crippen molar-refractivity contribution in [1.82, 2.24) is 4.57 Å². The molecular weight excluding hydrogens is 419 g/mol. The van der Waals surface area contributed by atoms with Crippen LogP contribution in [0.3, 0.4) is 0 Å². The van der Waals surface area contributed by atoms with Crippen LogP contribution in [-0.4, -0.2) is 37.7 Å². The topological polar surface area (TPSA) is 94.8 Å². The first-order valence-electron chi connectivity index (χ1n) is 8.53. The van der Waals surface area contributed by atoms with Gasteiger partial charge in [-0.3, -0.25) is 9.59 Å². The van der Waals surface area contributed by atoms with Crippen LogP contribution < -0.4 is 4.80 Å². The third-order valence-corrected chi connectivity index (χ3v) is 6.13. The fraction of sp³-hybridized carbons (Fsp3) is 0.211. The van der Waals surface area contributed by atoms with Crippen LogP contribution in [0, 0.1) is 5.82 Å². The van der Waals surface area contributed by atoms with Gasteiger partial charge in [-0.05, 0) is 37.3 Å². The third kappa shape index (κ3) is 4.60. The van der Waals surface area contributed by atoms with E-state index in [2.05, 4.69) is 4.99 Å². The predicted molar refractivity (Wildman–Crippen MR) is 106 cm³/mol. The Labute approximate surface area is 170 Å². The molecule has 0 unspecified atom stereocenters. The number of ether oxygens (including phenoxy) is 1. The summed E-state index contributed by atoms with van der Waals surface area (Å²) in [6.07, 6.45) is 1.08. The van der Waals surface area contributed by atoms with Gasteiger partial charge in [0, 0.05) is 6.26 Å². The first-order valence-corrected chi connectivity index (χ1v) is 11.2. The molecule has 29 heavy (non-hydrogen) atoms. The van der Waals surface area contributed by atoms with E-state index in [-0.39, 0.29) is 28.4 Å². The summed E-state index contributed by atoms with van der Waals surface area (Å²) in [5, 5.41) is 0. The summed E-state index contributed by atoms with van der Waals surface area (Å²) >= 11 is 1.02. The Balaban J connectivity index is 2.19. The lowest BCUT2D eigenvalue weighted by molar-refractivity contribution is -0.143. The quantitative estimate of drug-likeness (QED) is 0.573. The van der Waals surface area contributed by atoms with Crippen LogP contribution in [0.5, 0.6) is 0 Å². The van der Waals surface area contributed by atoms with Gasteiger partial charge in [0.05, 0.1) is 27.3 Å². The molecule has 0 N–H and O–H groups in total. The normalized spacial score (nSPS) is 12.3. The molecule has 1 aromatic heterocycles. The van der Waals surface area contributed by atoms with E-state index in [0.717, 1.165) is 23.7 Å². The molecule has 0 aliphatic rings. The molecule has 3 rings (SSSR count). The van der Waals surface area contributed by atoms with Crippen molar-refractivity contribution in [1.29, 1.82) is 0 Å². The summed E-state index contributed by atoms with van der Waals surface area (Å²) < 4.78 is 44.5. The highest BCUT2D eigenvalue weighted by Crippen LogP contribution is 2.22. The van der Waals surface area contributed by atoms with Gasteiger partial charge in [0.25, 0.3) is 5.91 Å². The highest BCUT2D eigenvalue weighted by atomic mass is 32.2. The number of hydrogen-bond acceptors (Lipinski definition) is 6. The standard InChI is InChI=1S/C19H17FN2O5S2/c1-3-27-17(23)11-22-15-9-8-12(29(2,25)26)10-16(15)28-19(22)21-18(24)13-6-4-5-7-14(13)20/h4-10H,3,11H2,1-2H3. The average molecular weight is 436 g/mol. The van der Waals surface area contributed by atoms with Gasteiger partial charge < -0.3 is 9.30 Å². The van der Waals surface area contributed by atoms with E-state index < -0.39 is 27.5 Å². The number of nitrogens with zero attached hydrogens (tertiary/aromatic N) is 2. The summed E-state index contributed by atoms with van der Waals surface area (Å²) in [5.74, 6) is -2.06. The molecule has 3 aromatic rings. The van der Waals surface area contributed by atoms with Gasteiger partial charge in [-0.15, -0.1) is 0 Å². The minimum atomic E-state index is -3.44. The van der Waals surface area contributed by atoms with Crippen LogP contribution in [0.25, 0.3) is 10.2 Å². The number of aromatic nitrogens is 1. The van der Waals surface area contributed by atoms with Gasteiger partial charge in [-0.1, -0.05) is 23.5 Å². The smallest absolute Gasteiger partial charge is 0.326 e. The molecular formula is C19H17FN2O5S2. The lowest BCUT2D eigenvalue weighted by atomic mass is 10.2. The average Bonchev–Trinajstić information content (AvgIpc) is 2.98. The van der Waals surface area contributed by atoms with Crippen LogP contribution in [-0.2, 0) is 25.9 Å². The fourth-order valence-electron chi connectivity index (χ4n) is 2.64. The lowest BCUT2D eigenvalue weighted by Crippen LogP contribution is -2.23. The van der Waals surface area contributed by atoms with Crippen LogP contribution >= 0.6 is 11.3 Å². The Morgan fingerprint density at radius 1 is 1.21 bits per heavy atom. The van der Waals surface area contributed by atoms with Crippen molar-refractivity contribution in [3.05, 3.63) is 58.6 Å². The number of benzene rings is 2. The van der Waals surface area contributed by atoms with Crippen molar-refractivity contribution in [3.8, 4) is 0 Å². The number of carbonyl (C=O) groups excluding carboxylic acids is 2. The Hall–Kier alpha value is -2.85. The maximum absolute atomic E-state index is 13.9. The first-order chi connectivity index (χ1) is 13.7. The number of fused-ring (bicyclic) bond motifs is 1. The zero-order valence-corrected chi connectivity index (χ0v) is 17.2. The van der Waals surface area contributed by atoms with Crippen LogP contribution in [0.15, 0.2) is 52.4 Å². The second-order valence-electron chi connectivity index (χ2n) is 6.07. The van der Waals surface area contributed by atoms with E-state index in [1.807, 2.05) is 0 Å². The number of thiazole rings is 1. The number of esters is 1. The van der Waals surface area contributed by atoms with Gasteiger partial charge in [0.1, 0.15) is 12.4 Å². The molecule has 0 atom stereocenters. The molecule has 0 saturated carbocycles. The summed E-state index contributed by atoms with van der Waals surface area (Å²) in [7, 11) is -3.44. The van der Waals surface area contributed by atoms with Crippen LogP contribution in [0.2, 0.25) is 0 Å². The second kappa shape index (κ2) is 8.26. The van der Waals surface area contributed by atoms with E-state index in [9.17, 15) is 22.4 Å². The maximum atomic E-state index is 13.9. The Morgan fingerprint density at radius 2 is 1.93 bits per heavy atom. The highest BCUT2D eigenvalue weighted by molar-refractivity contribution is 7.90. The zero-order valence-electron chi connectivity index (χ0n) is 15.6. The molecule has 0 saturated heterocycles. The first kappa shape index (κ1) is 20.9. The number of halogens is 1. The molecule has 10 heteroatoms. The Morgan fingerprint density at radius 3 is 2.59 bits per heavy atom. The number of amides is 1. The summed E-state index contributed by atoms with van der Waals surface area (Å²) in [6.45, 7) is 1.62. The second-order valence-corrected chi connectivity index (χ2v) is 9.10. The number of hydrogen-bond donors (Lipinski definition) is 0. The zero-order chi connectivity index (χ0) is 21.2. The van der Waals surface area contributed by atoms with E-state index >= 15 is 0 Å². The Kier molecular flexibility index (Phi) is 5.94. The molecule has 0 radical (unpaired) electrons. The molecule has 0 fully saturated rings. The Bertz CT molecular complexity index is 1280. The van der Waals surface area contributed by atoms with Crippen molar-refractivity contribution >= 4 is 43.3 Å². The van der Waals surface area contributed by atoms with Gasteiger partial charge in [0.15, 0.2) is 14.6 Å². The molecule has 0 aliphatic heterocycles. The summed E-state index contributed by atoms with van der Waals surface area (Å²) in [5.41, 5.74) is 0.306. The maximum Gasteiger partial charge on any atom is 0.326 e. The number of carbonyl (C=O) groups is 2. The minimum Gasteiger partial charge on any atom is -0.465 e. The van der Waals surface area contributed by atoms with E-state index in [1.165, 1.54) is 41.0 Å². The molecule has 0 aliphatic carbocycles. The molecule has 0 bridgehead atoms. The van der Waals surface area contributed by atoms with Gasteiger partial charge in [0.2, 0.25) is 0 Å². The lowest BCUT2D eigenvalue weighted by Gasteiger charge is -2.05. The SMILES string of the molecule is CCOC(=O)Cn1c(=NC(=O)c2ccccc2F)sc2cc(S(C)(=O)=O)ccc21. The van der Waals surface area contributed by atoms with Crippen molar-refractivity contribution < 1.29 is 27.1 Å². The molecule has 2 aromatic carbocycles. The molecule has 152 valence electrons. The third-order valence-electron chi connectivity index (χ3n) is 3.98. The van der Waals surface area contributed by atoms with Crippen molar-refractivity contribution in [2.45, 2.75) is 18.4 Å². The molecule has 1 heterocycles. The van der Waals surface area contributed by atoms with Gasteiger partial charge >= 0.3 is 5.97 Å². The van der Waals surface area contributed by atoms with E-state index in [0.29, 0.717) is 10.2 Å². The monoisotopic (exact) mass is 436 g/mol. The largest absolute Gasteiger partial charge is 0.465 e. The molecule has 0 spiro atoms. The van der Waals surface area contributed by atoms with Crippen LogP contribution in [0.1, 0.15) is 17.3 Å². The number of sulfone groups is 1. The van der Waals surface area contributed by atoms with Crippen molar-refractivity contribution in [2.24, 2.45) is 4.99 Å². The van der Waals surface area contributed by atoms with E-state index in [4.69, 9.17) is 4.74 Å². The summed E-state index contributed by atoms with van der Waals surface area (Å²) in [4.78, 5) is 28.7.